The Hall–Kier alpha value is -0.550. The van der Waals surface area contributed by atoms with Crippen LogP contribution in [0.3, 0.4) is 0 Å². The van der Waals surface area contributed by atoms with Crippen LogP contribution >= 0.6 is 11.8 Å². The van der Waals surface area contributed by atoms with Crippen molar-refractivity contribution in [2.24, 2.45) is 0 Å². The molecule has 3 N–H and O–H groups in total. The molecule has 124 valence electrons. The maximum absolute atomic E-state index is 12.9. The van der Waals surface area contributed by atoms with Crippen molar-refractivity contribution in [1.29, 1.82) is 5.41 Å². The Morgan fingerprint density at radius 3 is 2.43 bits per heavy atom. The molecule has 0 aromatic carbocycles. The van der Waals surface area contributed by atoms with E-state index in [4.69, 9.17) is 10.1 Å². The van der Waals surface area contributed by atoms with Crippen molar-refractivity contribution in [3.05, 3.63) is 0 Å². The zero-order chi connectivity index (χ0) is 16.4. The zero-order valence-corrected chi connectivity index (χ0v) is 12.6. The number of methoxy groups -OCH3 is 1. The number of ether oxygens (including phenoxy) is 2. The number of hydrogen-bond acceptors (Lipinski definition) is 6. The van der Waals surface area contributed by atoms with Crippen molar-refractivity contribution in [3.63, 3.8) is 0 Å². The molecule has 21 heavy (non-hydrogen) atoms. The van der Waals surface area contributed by atoms with Crippen LogP contribution in [0.2, 0.25) is 0 Å². The number of halogens is 3. The van der Waals surface area contributed by atoms with E-state index in [1.807, 2.05) is 0 Å². The summed E-state index contributed by atoms with van der Waals surface area (Å²) in [6.45, 7) is 0. The van der Waals surface area contributed by atoms with Gasteiger partial charge in [-0.05, 0) is 0 Å². The Morgan fingerprint density at radius 2 is 2.00 bits per heavy atom. The molecule has 1 aliphatic rings. The predicted molar refractivity (Wildman–Crippen MR) is 71.1 cm³/mol. The van der Waals surface area contributed by atoms with Crippen LogP contribution in [0.5, 0.6) is 0 Å². The molecule has 0 aliphatic carbocycles. The molecule has 0 unspecified atom stereocenters. The van der Waals surface area contributed by atoms with Gasteiger partial charge in [0, 0.05) is 27.6 Å². The predicted octanol–water partition coefficient (Wildman–Crippen LogP) is 0.630. The fourth-order valence-electron chi connectivity index (χ4n) is 1.88. The van der Waals surface area contributed by atoms with E-state index in [2.05, 4.69) is 4.74 Å². The topological polar surface area (TPSA) is 86.0 Å². The van der Waals surface area contributed by atoms with Gasteiger partial charge in [-0.3, -0.25) is 5.41 Å². The van der Waals surface area contributed by atoms with Crippen LogP contribution < -0.4 is 0 Å². The van der Waals surface area contributed by atoms with Gasteiger partial charge in [0.2, 0.25) is 0 Å². The molecule has 5 atom stereocenters. The number of rotatable bonds is 3. The summed E-state index contributed by atoms with van der Waals surface area (Å²) in [6, 6.07) is 0. The molecule has 0 saturated carbocycles. The van der Waals surface area contributed by atoms with Crippen LogP contribution in [0.25, 0.3) is 0 Å². The molecule has 6 nitrogen and oxygen atoms in total. The first-order valence-corrected chi connectivity index (χ1v) is 6.99. The van der Waals surface area contributed by atoms with Gasteiger partial charge in [-0.15, -0.1) is 0 Å². The van der Waals surface area contributed by atoms with E-state index in [1.165, 1.54) is 4.90 Å². The Bertz CT molecular complexity index is 370. The van der Waals surface area contributed by atoms with E-state index in [1.54, 1.807) is 14.1 Å². The quantitative estimate of drug-likeness (QED) is 0.519. The number of alkyl halides is 3. The summed E-state index contributed by atoms with van der Waals surface area (Å²) < 4.78 is 48.2. The van der Waals surface area contributed by atoms with Crippen LogP contribution in [0, 0.1) is 5.41 Å². The third-order valence-electron chi connectivity index (χ3n) is 3.00. The van der Waals surface area contributed by atoms with E-state index >= 15 is 0 Å². The van der Waals surface area contributed by atoms with Crippen molar-refractivity contribution < 1.29 is 32.9 Å². The maximum atomic E-state index is 12.9. The third-order valence-corrected chi connectivity index (χ3v) is 4.15. The van der Waals surface area contributed by atoms with Gasteiger partial charge in [0.05, 0.1) is 6.10 Å². The SMILES string of the molecule is CO[C@@H]([C@H]1O[C@H](SC(=N)N(C)C)C[C@@H](O)[C@@H]1O)C(F)(F)F. The minimum absolute atomic E-state index is 0.0725. The lowest BCUT2D eigenvalue weighted by Crippen LogP contribution is -2.57. The monoisotopic (exact) mass is 332 g/mol. The molecule has 0 radical (unpaired) electrons. The second kappa shape index (κ2) is 7.14. The maximum Gasteiger partial charge on any atom is 0.417 e. The van der Waals surface area contributed by atoms with Gasteiger partial charge in [0.25, 0.3) is 0 Å². The van der Waals surface area contributed by atoms with Crippen molar-refractivity contribution >= 4 is 16.9 Å². The zero-order valence-electron chi connectivity index (χ0n) is 11.8. The fourth-order valence-corrected chi connectivity index (χ4v) is 2.81. The summed E-state index contributed by atoms with van der Waals surface area (Å²) in [7, 11) is 4.07. The van der Waals surface area contributed by atoms with Crippen molar-refractivity contribution in [3.8, 4) is 0 Å². The average molecular weight is 332 g/mol. The molecule has 0 aromatic rings. The first-order chi connectivity index (χ1) is 9.57. The molecule has 0 bridgehead atoms. The van der Waals surface area contributed by atoms with Gasteiger partial charge in [-0.1, -0.05) is 11.8 Å². The van der Waals surface area contributed by atoms with Gasteiger partial charge < -0.3 is 24.6 Å². The lowest BCUT2D eigenvalue weighted by atomic mass is 9.97. The van der Waals surface area contributed by atoms with Gasteiger partial charge in [-0.2, -0.15) is 13.2 Å². The Labute approximate surface area is 124 Å². The van der Waals surface area contributed by atoms with Gasteiger partial charge in [-0.25, -0.2) is 0 Å². The molecule has 0 spiro atoms. The number of hydrogen-bond donors (Lipinski definition) is 3. The molecule has 0 aromatic heterocycles. The van der Waals surface area contributed by atoms with E-state index in [9.17, 15) is 23.4 Å². The number of aliphatic hydroxyl groups excluding tert-OH is 2. The van der Waals surface area contributed by atoms with Crippen molar-refractivity contribution in [2.45, 2.75) is 42.4 Å². The molecule has 10 heteroatoms. The van der Waals surface area contributed by atoms with Gasteiger partial charge in [0.15, 0.2) is 11.3 Å². The van der Waals surface area contributed by atoms with E-state index < -0.39 is 36.0 Å². The number of nitrogens with zero attached hydrogens (tertiary/aromatic N) is 1. The summed E-state index contributed by atoms with van der Waals surface area (Å²) in [5, 5.41) is 27.2. The minimum Gasteiger partial charge on any atom is -0.390 e. The summed E-state index contributed by atoms with van der Waals surface area (Å²) in [4.78, 5) is 1.46. The third kappa shape index (κ3) is 4.71. The number of nitrogens with one attached hydrogen (secondary N) is 1. The summed E-state index contributed by atoms with van der Waals surface area (Å²) >= 11 is 0.870. The van der Waals surface area contributed by atoms with Crippen LogP contribution in [-0.4, -0.2) is 77.5 Å². The van der Waals surface area contributed by atoms with Crippen LogP contribution in [0.1, 0.15) is 6.42 Å². The van der Waals surface area contributed by atoms with Crippen molar-refractivity contribution in [1.82, 2.24) is 4.90 Å². The molecule has 1 aliphatic heterocycles. The fraction of sp³-hybridized carbons (Fsp3) is 0.909. The van der Waals surface area contributed by atoms with Crippen LogP contribution in [-0.2, 0) is 9.47 Å². The second-order valence-corrected chi connectivity index (χ2v) is 5.99. The standard InChI is InChI=1S/C11H19F3N2O4S/c1-16(2)10(15)21-6-4-5(17)7(18)8(20-6)9(19-3)11(12,13)14/h5-9,15,17-18H,4H2,1-3H3/t5-,6-,7+,8+,9+/m1/s1. The highest BCUT2D eigenvalue weighted by Gasteiger charge is 2.52. The smallest absolute Gasteiger partial charge is 0.390 e. The lowest BCUT2D eigenvalue weighted by Gasteiger charge is -2.40. The Morgan fingerprint density at radius 1 is 1.43 bits per heavy atom. The van der Waals surface area contributed by atoms with E-state index in [-0.39, 0.29) is 11.6 Å². The van der Waals surface area contributed by atoms with E-state index in [0.717, 1.165) is 18.9 Å². The second-order valence-electron chi connectivity index (χ2n) is 4.84. The highest BCUT2D eigenvalue weighted by Crippen LogP contribution is 2.35. The molecule has 0 amide bonds. The first-order valence-electron chi connectivity index (χ1n) is 6.11. The van der Waals surface area contributed by atoms with E-state index in [0.29, 0.717) is 0 Å². The molecular formula is C11H19F3N2O4S. The average Bonchev–Trinajstić information content (AvgIpc) is 2.33. The van der Waals surface area contributed by atoms with Crippen LogP contribution in [0.4, 0.5) is 13.2 Å². The minimum atomic E-state index is -4.73. The van der Waals surface area contributed by atoms with Gasteiger partial charge >= 0.3 is 6.18 Å². The highest BCUT2D eigenvalue weighted by atomic mass is 32.2. The highest BCUT2D eigenvalue weighted by molar-refractivity contribution is 8.14. The molecule has 1 fully saturated rings. The molecule has 1 rings (SSSR count). The Kier molecular flexibility index (Phi) is 6.29. The number of thioether (sulfide) groups is 1. The number of amidine groups is 1. The van der Waals surface area contributed by atoms with Crippen LogP contribution in [0.15, 0.2) is 0 Å². The normalized spacial score (nSPS) is 31.8. The molecular weight excluding hydrogens is 313 g/mol. The first kappa shape index (κ1) is 18.5. The summed E-state index contributed by atoms with van der Waals surface area (Å²) in [6.07, 6.45) is -12.0. The lowest BCUT2D eigenvalue weighted by molar-refractivity contribution is -0.276. The number of aliphatic hydroxyl groups is 2. The molecule has 1 saturated heterocycles. The molecule has 1 heterocycles. The largest absolute Gasteiger partial charge is 0.417 e. The summed E-state index contributed by atoms with van der Waals surface area (Å²) in [5.41, 5.74) is -0.872. The van der Waals surface area contributed by atoms with Crippen molar-refractivity contribution in [2.75, 3.05) is 21.2 Å². The summed E-state index contributed by atoms with van der Waals surface area (Å²) in [5.74, 6) is 0. The Balaban J connectivity index is 2.85. The van der Waals surface area contributed by atoms with Gasteiger partial charge in [0.1, 0.15) is 17.6 Å².